The number of carboxylic acid groups (broad SMARTS) is 1. The summed E-state index contributed by atoms with van der Waals surface area (Å²) in [6.45, 7) is 3.51. The van der Waals surface area contributed by atoms with E-state index in [0.717, 1.165) is 6.42 Å². The maximum Gasteiger partial charge on any atom is 0.323 e. The lowest BCUT2D eigenvalue weighted by molar-refractivity contribution is -0.146. The Balaban J connectivity index is 2.13. The predicted molar refractivity (Wildman–Crippen MR) is 68.3 cm³/mol. The first-order valence-corrected chi connectivity index (χ1v) is 8.17. The minimum absolute atomic E-state index is 0.0368. The number of rotatable bonds is 4. The Labute approximate surface area is 112 Å². The fourth-order valence-corrected chi connectivity index (χ4v) is 4.37. The van der Waals surface area contributed by atoms with E-state index in [1.165, 1.54) is 4.90 Å². The molecule has 108 valence electrons. The van der Waals surface area contributed by atoms with Crippen LogP contribution in [0.3, 0.4) is 0 Å². The van der Waals surface area contributed by atoms with Gasteiger partial charge in [-0.25, -0.2) is 8.42 Å². The minimum atomic E-state index is -3.13. The third kappa shape index (κ3) is 3.08. The summed E-state index contributed by atoms with van der Waals surface area (Å²) in [5, 5.41) is 8.91. The molecule has 0 aromatic heterocycles. The third-order valence-electron chi connectivity index (χ3n) is 4.05. The van der Waals surface area contributed by atoms with E-state index in [2.05, 4.69) is 0 Å². The van der Waals surface area contributed by atoms with Crippen LogP contribution in [0.2, 0.25) is 0 Å². The molecule has 6 nitrogen and oxygen atoms in total. The summed E-state index contributed by atoms with van der Waals surface area (Å²) in [6, 6.07) is -0.481. The largest absolute Gasteiger partial charge is 0.480 e. The van der Waals surface area contributed by atoms with Gasteiger partial charge in [0.05, 0.1) is 11.5 Å². The molecule has 2 unspecified atom stereocenters. The Bertz CT molecular complexity index is 510. The Morgan fingerprint density at radius 3 is 2.32 bits per heavy atom. The van der Waals surface area contributed by atoms with Gasteiger partial charge in [0.1, 0.15) is 6.54 Å². The van der Waals surface area contributed by atoms with Crippen molar-refractivity contribution in [2.45, 2.75) is 32.7 Å². The molecule has 0 bridgehead atoms. The van der Waals surface area contributed by atoms with Crippen molar-refractivity contribution in [3.8, 4) is 0 Å². The molecule has 0 aromatic carbocycles. The molecule has 2 rings (SSSR count). The summed E-state index contributed by atoms with van der Waals surface area (Å²) >= 11 is 0. The van der Waals surface area contributed by atoms with Gasteiger partial charge >= 0.3 is 5.97 Å². The molecule has 2 atom stereocenters. The predicted octanol–water partition coefficient (Wildman–Crippen LogP) is 0.133. The number of hydrogen-bond donors (Lipinski definition) is 1. The quantitative estimate of drug-likeness (QED) is 0.794. The molecule has 0 radical (unpaired) electrons. The second kappa shape index (κ2) is 4.47. The van der Waals surface area contributed by atoms with Crippen molar-refractivity contribution in [1.29, 1.82) is 0 Å². The van der Waals surface area contributed by atoms with Gasteiger partial charge in [0.2, 0.25) is 5.91 Å². The summed E-state index contributed by atoms with van der Waals surface area (Å²) in [6.07, 6.45) is 1.08. The van der Waals surface area contributed by atoms with Crippen molar-refractivity contribution in [3.05, 3.63) is 0 Å². The number of aliphatic carboxylic acids is 1. The van der Waals surface area contributed by atoms with Crippen molar-refractivity contribution in [2.75, 3.05) is 18.1 Å². The lowest BCUT2D eigenvalue weighted by Crippen LogP contribution is -2.45. The average molecular weight is 289 g/mol. The van der Waals surface area contributed by atoms with Crippen molar-refractivity contribution in [2.24, 2.45) is 11.3 Å². The van der Waals surface area contributed by atoms with E-state index < -0.39 is 28.4 Å². The van der Waals surface area contributed by atoms with Crippen LogP contribution in [0.15, 0.2) is 0 Å². The molecule has 1 heterocycles. The van der Waals surface area contributed by atoms with Gasteiger partial charge in [0, 0.05) is 12.0 Å². The molecular formula is C12H19NO5S. The van der Waals surface area contributed by atoms with Crippen molar-refractivity contribution < 1.29 is 23.1 Å². The zero-order chi connectivity index (χ0) is 14.4. The molecule has 2 aliphatic rings. The molecule has 1 N–H and O–H groups in total. The standard InChI is InChI=1S/C12H19NO5S/c1-12(2)5-9(12)11(16)13(6-10(14)15)8-3-4-19(17,18)7-8/h8-9H,3-7H2,1-2H3,(H,14,15). The second-order valence-corrected chi connectivity index (χ2v) is 8.39. The van der Waals surface area contributed by atoms with Gasteiger partial charge in [-0.05, 0) is 18.3 Å². The number of hydrogen-bond acceptors (Lipinski definition) is 4. The van der Waals surface area contributed by atoms with Gasteiger partial charge < -0.3 is 10.0 Å². The molecule has 1 aliphatic carbocycles. The molecule has 19 heavy (non-hydrogen) atoms. The van der Waals surface area contributed by atoms with Crippen molar-refractivity contribution in [1.82, 2.24) is 4.90 Å². The van der Waals surface area contributed by atoms with E-state index in [0.29, 0.717) is 6.42 Å². The highest BCUT2D eigenvalue weighted by Gasteiger charge is 2.53. The Morgan fingerprint density at radius 2 is 1.95 bits per heavy atom. The van der Waals surface area contributed by atoms with E-state index >= 15 is 0 Å². The minimum Gasteiger partial charge on any atom is -0.480 e. The van der Waals surface area contributed by atoms with Gasteiger partial charge in [0.15, 0.2) is 9.84 Å². The van der Waals surface area contributed by atoms with Crippen LogP contribution >= 0.6 is 0 Å². The van der Waals surface area contributed by atoms with Crippen molar-refractivity contribution in [3.63, 3.8) is 0 Å². The van der Waals surface area contributed by atoms with Crippen LogP contribution in [-0.4, -0.2) is 54.4 Å². The molecule has 1 saturated carbocycles. The number of sulfone groups is 1. The summed E-state index contributed by atoms with van der Waals surface area (Å²) < 4.78 is 23.0. The number of amides is 1. The topological polar surface area (TPSA) is 91.8 Å². The van der Waals surface area contributed by atoms with Gasteiger partial charge in [-0.15, -0.1) is 0 Å². The molecule has 0 aromatic rings. The Morgan fingerprint density at radius 1 is 1.37 bits per heavy atom. The maximum atomic E-state index is 12.3. The van der Waals surface area contributed by atoms with Gasteiger partial charge in [0.25, 0.3) is 0 Å². The number of carbonyl (C=O) groups is 2. The molecule has 0 spiro atoms. The highest BCUT2D eigenvalue weighted by atomic mass is 32.2. The fraction of sp³-hybridized carbons (Fsp3) is 0.833. The van der Waals surface area contributed by atoms with Crippen molar-refractivity contribution >= 4 is 21.7 Å². The van der Waals surface area contributed by atoms with Crippen LogP contribution in [0.4, 0.5) is 0 Å². The van der Waals surface area contributed by atoms with Crippen LogP contribution in [0.1, 0.15) is 26.7 Å². The van der Waals surface area contributed by atoms with E-state index in [9.17, 15) is 18.0 Å². The summed E-state index contributed by atoms with van der Waals surface area (Å²) in [5.41, 5.74) is -0.0919. The van der Waals surface area contributed by atoms with Crippen LogP contribution in [0.25, 0.3) is 0 Å². The van der Waals surface area contributed by atoms with Crippen LogP contribution in [0, 0.1) is 11.3 Å². The van der Waals surface area contributed by atoms with Crippen LogP contribution in [-0.2, 0) is 19.4 Å². The monoisotopic (exact) mass is 289 g/mol. The fourth-order valence-electron chi connectivity index (χ4n) is 2.64. The molecule has 1 aliphatic heterocycles. The Hall–Kier alpha value is -1.11. The highest BCUT2D eigenvalue weighted by molar-refractivity contribution is 7.91. The van der Waals surface area contributed by atoms with E-state index in [4.69, 9.17) is 5.11 Å². The summed E-state index contributed by atoms with van der Waals surface area (Å²) in [7, 11) is -3.13. The number of nitrogens with zero attached hydrogens (tertiary/aromatic N) is 1. The zero-order valence-corrected chi connectivity index (χ0v) is 11.9. The van der Waals surface area contributed by atoms with Gasteiger partial charge in [-0.3, -0.25) is 9.59 Å². The third-order valence-corrected chi connectivity index (χ3v) is 5.80. The SMILES string of the molecule is CC1(C)CC1C(=O)N(CC(=O)O)C1CCS(=O)(=O)C1. The van der Waals surface area contributed by atoms with Gasteiger partial charge in [-0.1, -0.05) is 13.8 Å². The molecule has 1 amide bonds. The molecular weight excluding hydrogens is 270 g/mol. The lowest BCUT2D eigenvalue weighted by Gasteiger charge is -2.27. The normalized spacial score (nSPS) is 30.8. The zero-order valence-electron chi connectivity index (χ0n) is 11.1. The molecule has 1 saturated heterocycles. The molecule has 7 heteroatoms. The molecule has 2 fully saturated rings. The average Bonchev–Trinajstić information content (AvgIpc) is 2.73. The first-order chi connectivity index (χ1) is 8.62. The first-order valence-electron chi connectivity index (χ1n) is 6.35. The summed E-state index contributed by atoms with van der Waals surface area (Å²) in [5.74, 6) is -1.56. The first kappa shape index (κ1) is 14.3. The highest BCUT2D eigenvalue weighted by Crippen LogP contribution is 2.52. The summed E-state index contributed by atoms with van der Waals surface area (Å²) in [4.78, 5) is 24.5. The van der Waals surface area contributed by atoms with Crippen LogP contribution < -0.4 is 0 Å². The van der Waals surface area contributed by atoms with E-state index in [1.54, 1.807) is 0 Å². The van der Waals surface area contributed by atoms with E-state index in [-0.39, 0.29) is 28.7 Å². The van der Waals surface area contributed by atoms with E-state index in [1.807, 2.05) is 13.8 Å². The number of carboxylic acids is 1. The Kier molecular flexibility index (Phi) is 3.36. The lowest BCUT2D eigenvalue weighted by atomic mass is 10.1. The van der Waals surface area contributed by atoms with Gasteiger partial charge in [-0.2, -0.15) is 0 Å². The number of carbonyl (C=O) groups excluding carboxylic acids is 1. The van der Waals surface area contributed by atoms with Crippen LogP contribution in [0.5, 0.6) is 0 Å². The maximum absolute atomic E-state index is 12.3. The second-order valence-electron chi connectivity index (χ2n) is 6.16. The smallest absolute Gasteiger partial charge is 0.323 e.